The summed E-state index contributed by atoms with van der Waals surface area (Å²) in [6.45, 7) is 7.64. The van der Waals surface area contributed by atoms with Gasteiger partial charge in [0.15, 0.2) is 17.2 Å². The van der Waals surface area contributed by atoms with Gasteiger partial charge in [-0.05, 0) is 25.8 Å². The van der Waals surface area contributed by atoms with Gasteiger partial charge in [-0.15, -0.1) is 0 Å². The minimum Gasteiger partial charge on any atom is -0.486 e. The highest BCUT2D eigenvalue weighted by Crippen LogP contribution is 2.46. The summed E-state index contributed by atoms with van der Waals surface area (Å²) in [5, 5.41) is 7.77. The van der Waals surface area contributed by atoms with Gasteiger partial charge in [0.1, 0.15) is 18.5 Å². The number of anilines is 1. The molecule has 6 rings (SSSR count). The summed E-state index contributed by atoms with van der Waals surface area (Å²) >= 11 is 0. The van der Waals surface area contributed by atoms with Crippen LogP contribution in [0.3, 0.4) is 0 Å². The van der Waals surface area contributed by atoms with Gasteiger partial charge in [0.2, 0.25) is 5.88 Å². The lowest BCUT2D eigenvalue weighted by Gasteiger charge is -2.46. The lowest BCUT2D eigenvalue weighted by Crippen LogP contribution is -2.54. The Bertz CT molecular complexity index is 1220. The molecule has 0 radical (unpaired) electrons. The van der Waals surface area contributed by atoms with Gasteiger partial charge >= 0.3 is 0 Å². The van der Waals surface area contributed by atoms with Crippen LogP contribution in [0.4, 0.5) is 10.2 Å². The van der Waals surface area contributed by atoms with Crippen molar-refractivity contribution in [1.82, 2.24) is 24.9 Å². The van der Waals surface area contributed by atoms with E-state index in [1.807, 2.05) is 13.1 Å². The molecule has 3 aromatic rings. The Balaban J connectivity index is 1.57. The fraction of sp³-hybridized carbons (Fsp3) is 0.435. The van der Waals surface area contributed by atoms with Gasteiger partial charge < -0.3 is 19.7 Å². The predicted molar refractivity (Wildman–Crippen MR) is 117 cm³/mol. The SMILES string of the molecule is C=C1NC[C@H](C)Oc2ncc(F)cc2CN2c3nc4c1cnn4cc3OCC21CCCC1. The van der Waals surface area contributed by atoms with E-state index in [0.29, 0.717) is 48.2 Å². The van der Waals surface area contributed by atoms with E-state index >= 15 is 0 Å². The molecule has 1 atom stereocenters. The van der Waals surface area contributed by atoms with E-state index in [4.69, 9.17) is 14.5 Å². The molecule has 5 heterocycles. The number of rotatable bonds is 0. The van der Waals surface area contributed by atoms with Crippen molar-refractivity contribution in [2.24, 2.45) is 0 Å². The molecule has 1 aliphatic carbocycles. The Morgan fingerprint density at radius 1 is 1.28 bits per heavy atom. The van der Waals surface area contributed by atoms with Crippen LogP contribution in [-0.2, 0) is 6.54 Å². The highest BCUT2D eigenvalue weighted by Gasteiger charge is 2.46. The second kappa shape index (κ2) is 7.08. The molecule has 166 valence electrons. The Hall–Kier alpha value is -3.36. The largest absolute Gasteiger partial charge is 0.486 e. The molecule has 1 fully saturated rings. The first-order valence-electron chi connectivity index (χ1n) is 11.1. The van der Waals surface area contributed by atoms with Gasteiger partial charge in [-0.3, -0.25) is 0 Å². The van der Waals surface area contributed by atoms with Gasteiger partial charge in [-0.25, -0.2) is 18.9 Å². The van der Waals surface area contributed by atoms with Crippen LogP contribution in [0.5, 0.6) is 11.6 Å². The van der Waals surface area contributed by atoms with Gasteiger partial charge in [0.25, 0.3) is 0 Å². The lowest BCUT2D eigenvalue weighted by molar-refractivity contribution is 0.182. The second-order valence-corrected chi connectivity index (χ2v) is 8.97. The monoisotopic (exact) mass is 436 g/mol. The molecule has 3 aromatic heterocycles. The Morgan fingerprint density at radius 3 is 2.97 bits per heavy atom. The van der Waals surface area contributed by atoms with Crippen molar-refractivity contribution < 1.29 is 13.9 Å². The van der Waals surface area contributed by atoms with E-state index in [-0.39, 0.29) is 17.5 Å². The molecule has 1 N–H and O–H groups in total. The minimum atomic E-state index is -0.383. The van der Waals surface area contributed by atoms with Gasteiger partial charge in [0.05, 0.1) is 42.8 Å². The summed E-state index contributed by atoms with van der Waals surface area (Å²) in [6.07, 6.45) is 8.86. The summed E-state index contributed by atoms with van der Waals surface area (Å²) in [7, 11) is 0. The van der Waals surface area contributed by atoms with Crippen molar-refractivity contribution in [2.75, 3.05) is 18.1 Å². The Labute approximate surface area is 185 Å². The standard InChI is InChI=1S/C23H25FN6O2/c1-14-8-25-15(2)18-10-27-30-12-19-21(28-20(18)30)29(23(13-31-19)5-3-4-6-23)11-16-7-17(24)9-26-22(16)32-14/h7,9-10,12,14,25H,2-6,8,11,13H2,1H3/t14-/m0/s1. The number of nitrogens with one attached hydrogen (secondary N) is 1. The molecule has 32 heavy (non-hydrogen) atoms. The maximum absolute atomic E-state index is 14.3. The number of ether oxygens (including phenoxy) is 2. The van der Waals surface area contributed by atoms with Crippen molar-refractivity contribution in [2.45, 2.75) is 50.8 Å². The van der Waals surface area contributed by atoms with E-state index in [1.165, 1.54) is 12.3 Å². The third kappa shape index (κ3) is 2.98. The molecule has 3 aliphatic rings. The number of pyridine rings is 1. The molecule has 2 aliphatic heterocycles. The van der Waals surface area contributed by atoms with E-state index in [2.05, 4.69) is 26.9 Å². The molecule has 9 heteroatoms. The van der Waals surface area contributed by atoms with Gasteiger partial charge in [0, 0.05) is 11.3 Å². The number of halogens is 1. The van der Waals surface area contributed by atoms with Gasteiger partial charge in [-0.1, -0.05) is 19.4 Å². The highest BCUT2D eigenvalue weighted by molar-refractivity contribution is 5.75. The van der Waals surface area contributed by atoms with E-state index in [9.17, 15) is 4.39 Å². The lowest BCUT2D eigenvalue weighted by atomic mass is 9.93. The first-order valence-corrected chi connectivity index (χ1v) is 11.1. The number of hydrogen-bond acceptors (Lipinski definition) is 7. The molecule has 1 saturated carbocycles. The average molecular weight is 436 g/mol. The topological polar surface area (TPSA) is 76.8 Å². The molecular formula is C23H25FN6O2. The average Bonchev–Trinajstić information content (AvgIpc) is 3.42. The van der Waals surface area contributed by atoms with Crippen LogP contribution < -0.4 is 19.7 Å². The van der Waals surface area contributed by atoms with Crippen LogP contribution in [0.15, 0.2) is 31.2 Å². The zero-order chi connectivity index (χ0) is 21.9. The molecule has 0 saturated heterocycles. The number of fused-ring (bicyclic) bond motifs is 2. The van der Waals surface area contributed by atoms with Crippen molar-refractivity contribution >= 4 is 17.2 Å². The molecule has 2 bridgehead atoms. The zero-order valence-electron chi connectivity index (χ0n) is 18.0. The molecule has 0 unspecified atom stereocenters. The predicted octanol–water partition coefficient (Wildman–Crippen LogP) is 3.32. The molecule has 1 spiro atoms. The normalized spacial score (nSPS) is 21.9. The second-order valence-electron chi connectivity index (χ2n) is 8.97. The Morgan fingerprint density at radius 2 is 2.12 bits per heavy atom. The van der Waals surface area contributed by atoms with Crippen LogP contribution >= 0.6 is 0 Å². The zero-order valence-corrected chi connectivity index (χ0v) is 18.0. The smallest absolute Gasteiger partial charge is 0.218 e. The molecular weight excluding hydrogens is 411 g/mol. The van der Waals surface area contributed by atoms with Gasteiger partial charge in [-0.2, -0.15) is 5.10 Å². The number of hydrogen-bond donors (Lipinski definition) is 1. The van der Waals surface area contributed by atoms with Crippen LogP contribution in [-0.4, -0.2) is 44.4 Å². The number of nitrogens with zero attached hydrogens (tertiary/aromatic N) is 5. The summed E-state index contributed by atoms with van der Waals surface area (Å²) in [5.74, 6) is 1.46. The Kier molecular flexibility index (Phi) is 4.28. The van der Waals surface area contributed by atoms with Crippen LogP contribution in [0.1, 0.15) is 43.7 Å². The summed E-state index contributed by atoms with van der Waals surface area (Å²) in [4.78, 5) is 11.6. The van der Waals surface area contributed by atoms with Crippen LogP contribution in [0, 0.1) is 5.82 Å². The van der Waals surface area contributed by atoms with Crippen LogP contribution in [0.2, 0.25) is 0 Å². The molecule has 0 amide bonds. The third-order valence-electron chi connectivity index (χ3n) is 6.76. The van der Waals surface area contributed by atoms with Crippen molar-refractivity contribution in [3.8, 4) is 11.6 Å². The maximum atomic E-state index is 14.3. The van der Waals surface area contributed by atoms with E-state index < -0.39 is 0 Å². The third-order valence-corrected chi connectivity index (χ3v) is 6.76. The number of aromatic nitrogens is 4. The first kappa shape index (κ1) is 19.3. The summed E-state index contributed by atoms with van der Waals surface area (Å²) in [5.41, 5.74) is 2.75. The first-order chi connectivity index (χ1) is 15.5. The summed E-state index contributed by atoms with van der Waals surface area (Å²) < 4.78 is 28.3. The summed E-state index contributed by atoms with van der Waals surface area (Å²) in [6, 6.07) is 1.52. The quantitative estimate of drug-likeness (QED) is 0.579. The van der Waals surface area contributed by atoms with E-state index in [0.717, 1.165) is 37.1 Å². The molecule has 0 aromatic carbocycles. The highest BCUT2D eigenvalue weighted by atomic mass is 19.1. The minimum absolute atomic E-state index is 0.191. The fourth-order valence-corrected chi connectivity index (χ4v) is 5.05. The fourth-order valence-electron chi connectivity index (χ4n) is 5.05. The van der Waals surface area contributed by atoms with Crippen molar-refractivity contribution in [1.29, 1.82) is 0 Å². The molecule has 8 nitrogen and oxygen atoms in total. The van der Waals surface area contributed by atoms with Crippen molar-refractivity contribution in [3.05, 3.63) is 48.2 Å². The van der Waals surface area contributed by atoms with E-state index in [1.54, 1.807) is 10.7 Å². The van der Waals surface area contributed by atoms with Crippen molar-refractivity contribution in [3.63, 3.8) is 0 Å². The van der Waals surface area contributed by atoms with Crippen LogP contribution in [0.25, 0.3) is 11.3 Å². The maximum Gasteiger partial charge on any atom is 0.218 e.